The van der Waals surface area contributed by atoms with Crippen LogP contribution in [-0.4, -0.2) is 71.2 Å². The number of rotatable bonds is 14. The van der Waals surface area contributed by atoms with E-state index >= 15 is 0 Å². The summed E-state index contributed by atoms with van der Waals surface area (Å²) in [5.41, 5.74) is 10.9. The van der Waals surface area contributed by atoms with Crippen molar-refractivity contribution in [1.29, 1.82) is 0 Å². The second-order valence-electron chi connectivity index (χ2n) is 7.08. The molecule has 0 fully saturated rings. The fraction of sp³-hybridized carbons (Fsp3) is 0.778. The summed E-state index contributed by atoms with van der Waals surface area (Å²) in [7, 11) is 0. The molecule has 0 rings (SSSR count). The minimum absolute atomic E-state index is 0.270. The number of aliphatic hydroxyl groups is 1. The Morgan fingerprint density at radius 2 is 1.59 bits per heavy atom. The second kappa shape index (κ2) is 13.9. The molecule has 0 aliphatic heterocycles. The van der Waals surface area contributed by atoms with E-state index in [0.29, 0.717) is 25.8 Å². The van der Waals surface area contributed by atoms with Crippen LogP contribution >= 0.6 is 0 Å². The van der Waals surface area contributed by atoms with Gasteiger partial charge in [0.15, 0.2) is 0 Å². The van der Waals surface area contributed by atoms with Crippen molar-refractivity contribution >= 4 is 23.7 Å². The highest BCUT2D eigenvalue weighted by atomic mass is 16.4. The maximum Gasteiger partial charge on any atom is 0.326 e. The molecule has 11 nitrogen and oxygen atoms in total. The van der Waals surface area contributed by atoms with Gasteiger partial charge in [0.25, 0.3) is 0 Å². The number of hydrogen-bond acceptors (Lipinski definition) is 7. The Balaban J connectivity index is 5.03. The number of carbonyl (C=O) groups excluding carboxylic acids is 3. The smallest absolute Gasteiger partial charge is 0.326 e. The van der Waals surface area contributed by atoms with Crippen molar-refractivity contribution in [2.45, 2.75) is 70.6 Å². The van der Waals surface area contributed by atoms with E-state index in [-0.39, 0.29) is 12.3 Å². The largest absolute Gasteiger partial charge is 0.480 e. The summed E-state index contributed by atoms with van der Waals surface area (Å²) in [6.45, 7) is 4.78. The highest BCUT2D eigenvalue weighted by molar-refractivity contribution is 5.93. The Morgan fingerprint density at radius 3 is 2.07 bits per heavy atom. The van der Waals surface area contributed by atoms with Gasteiger partial charge in [0.2, 0.25) is 17.7 Å². The zero-order valence-electron chi connectivity index (χ0n) is 17.3. The lowest BCUT2D eigenvalue weighted by Gasteiger charge is -2.25. The number of aliphatic carboxylic acids is 1. The first-order valence-corrected chi connectivity index (χ1v) is 9.79. The van der Waals surface area contributed by atoms with Gasteiger partial charge < -0.3 is 37.6 Å². The van der Waals surface area contributed by atoms with Crippen molar-refractivity contribution < 1.29 is 29.4 Å². The molecular weight excluding hydrogens is 382 g/mol. The van der Waals surface area contributed by atoms with E-state index < -0.39 is 54.5 Å². The Bertz CT molecular complexity index is 559. The molecule has 0 aromatic rings. The van der Waals surface area contributed by atoms with Crippen molar-refractivity contribution in [1.82, 2.24) is 16.0 Å². The highest BCUT2D eigenvalue weighted by Crippen LogP contribution is 2.08. The number of carbonyl (C=O) groups is 4. The molecule has 0 aliphatic carbocycles. The van der Waals surface area contributed by atoms with Crippen LogP contribution in [0.3, 0.4) is 0 Å². The summed E-state index contributed by atoms with van der Waals surface area (Å²) >= 11 is 0. The van der Waals surface area contributed by atoms with Gasteiger partial charge in [0.05, 0.1) is 6.61 Å². The van der Waals surface area contributed by atoms with Crippen molar-refractivity contribution in [2.24, 2.45) is 17.4 Å². The number of aliphatic hydroxyl groups excluding tert-OH is 1. The van der Waals surface area contributed by atoms with Crippen LogP contribution in [0.25, 0.3) is 0 Å². The number of unbranched alkanes of at least 4 members (excludes halogenated alkanes) is 1. The van der Waals surface area contributed by atoms with Gasteiger partial charge in [0, 0.05) is 0 Å². The second-order valence-corrected chi connectivity index (χ2v) is 7.08. The first-order valence-electron chi connectivity index (χ1n) is 9.79. The third-order valence-corrected chi connectivity index (χ3v) is 4.64. The van der Waals surface area contributed by atoms with E-state index in [1.807, 2.05) is 6.92 Å². The fourth-order valence-electron chi connectivity index (χ4n) is 2.46. The van der Waals surface area contributed by atoms with E-state index in [1.165, 1.54) is 6.92 Å². The predicted molar refractivity (Wildman–Crippen MR) is 107 cm³/mol. The first kappa shape index (κ1) is 26.8. The highest BCUT2D eigenvalue weighted by Gasteiger charge is 2.29. The minimum atomic E-state index is -1.17. The predicted octanol–water partition coefficient (Wildman–Crippen LogP) is -1.96. The average Bonchev–Trinajstić information content (AvgIpc) is 2.69. The number of hydrogen-bond donors (Lipinski definition) is 7. The molecule has 0 aromatic carbocycles. The van der Waals surface area contributed by atoms with Gasteiger partial charge in [-0.3, -0.25) is 14.4 Å². The third kappa shape index (κ3) is 9.68. The van der Waals surface area contributed by atoms with Gasteiger partial charge in [0.1, 0.15) is 24.2 Å². The molecule has 0 spiro atoms. The molecule has 0 bridgehead atoms. The quantitative estimate of drug-likeness (QED) is 0.158. The molecule has 5 unspecified atom stereocenters. The summed E-state index contributed by atoms with van der Waals surface area (Å²) in [6.07, 6.45) is 2.01. The van der Waals surface area contributed by atoms with Crippen LogP contribution in [0.4, 0.5) is 0 Å². The van der Waals surface area contributed by atoms with Crippen molar-refractivity contribution in [2.75, 3.05) is 13.2 Å². The van der Waals surface area contributed by atoms with Crippen LogP contribution in [0.2, 0.25) is 0 Å². The Morgan fingerprint density at radius 1 is 0.966 bits per heavy atom. The van der Waals surface area contributed by atoms with Gasteiger partial charge in [-0.2, -0.15) is 0 Å². The van der Waals surface area contributed by atoms with Crippen LogP contribution in [0, 0.1) is 5.92 Å². The lowest BCUT2D eigenvalue weighted by atomic mass is 9.99. The Kier molecular flexibility index (Phi) is 12.8. The summed E-state index contributed by atoms with van der Waals surface area (Å²) < 4.78 is 0. The minimum Gasteiger partial charge on any atom is -0.480 e. The average molecular weight is 418 g/mol. The molecule has 0 saturated heterocycles. The molecule has 0 heterocycles. The monoisotopic (exact) mass is 417 g/mol. The van der Waals surface area contributed by atoms with E-state index in [2.05, 4.69) is 16.0 Å². The fourth-order valence-corrected chi connectivity index (χ4v) is 2.46. The van der Waals surface area contributed by atoms with E-state index in [1.54, 1.807) is 6.92 Å². The SMILES string of the molecule is CCC(C)C(NC(=O)C(C)NC(=O)C(CCCCN)NC(=O)C(N)CO)C(=O)O. The molecule has 168 valence electrons. The molecule has 0 aromatic heterocycles. The topological polar surface area (TPSA) is 197 Å². The van der Waals surface area contributed by atoms with Crippen LogP contribution in [-0.2, 0) is 19.2 Å². The first-order chi connectivity index (χ1) is 13.6. The molecule has 0 aliphatic rings. The van der Waals surface area contributed by atoms with Gasteiger partial charge in [-0.15, -0.1) is 0 Å². The van der Waals surface area contributed by atoms with Crippen molar-refractivity contribution in [3.05, 3.63) is 0 Å². The number of carboxylic acid groups (broad SMARTS) is 1. The molecule has 0 radical (unpaired) electrons. The number of nitrogens with one attached hydrogen (secondary N) is 3. The van der Waals surface area contributed by atoms with Crippen molar-refractivity contribution in [3.8, 4) is 0 Å². The number of carboxylic acids is 1. The van der Waals surface area contributed by atoms with Gasteiger partial charge in [-0.1, -0.05) is 20.3 Å². The van der Waals surface area contributed by atoms with Gasteiger partial charge in [-0.05, 0) is 38.6 Å². The van der Waals surface area contributed by atoms with Crippen molar-refractivity contribution in [3.63, 3.8) is 0 Å². The lowest BCUT2D eigenvalue weighted by molar-refractivity contribution is -0.143. The molecule has 3 amide bonds. The van der Waals surface area contributed by atoms with Crippen LogP contribution in [0.1, 0.15) is 46.5 Å². The molecule has 5 atom stereocenters. The molecule has 9 N–H and O–H groups in total. The Labute approximate surface area is 171 Å². The van der Waals surface area contributed by atoms with E-state index in [0.717, 1.165) is 0 Å². The maximum absolute atomic E-state index is 12.6. The maximum atomic E-state index is 12.6. The normalized spacial score (nSPS) is 16.1. The standard InChI is InChI=1S/C18H35N5O6/c1-4-10(2)14(18(28)29)23-15(25)11(3)21-17(27)13(7-5-6-8-19)22-16(26)12(20)9-24/h10-14,24H,4-9,19-20H2,1-3H3,(H,21,27)(H,22,26)(H,23,25)(H,28,29). The molecule has 11 heteroatoms. The summed E-state index contributed by atoms with van der Waals surface area (Å²) in [5, 5.41) is 25.6. The van der Waals surface area contributed by atoms with E-state index in [9.17, 15) is 24.3 Å². The summed E-state index contributed by atoms with van der Waals surface area (Å²) in [6, 6.07) is -4.23. The Hall–Kier alpha value is -2.24. The zero-order chi connectivity index (χ0) is 22.6. The summed E-state index contributed by atoms with van der Waals surface area (Å²) in [4.78, 5) is 48.2. The lowest BCUT2D eigenvalue weighted by Crippen LogP contribution is -2.57. The molecule has 29 heavy (non-hydrogen) atoms. The molecule has 0 saturated carbocycles. The zero-order valence-corrected chi connectivity index (χ0v) is 17.3. The third-order valence-electron chi connectivity index (χ3n) is 4.64. The van der Waals surface area contributed by atoms with E-state index in [4.69, 9.17) is 16.6 Å². The number of amides is 3. The van der Waals surface area contributed by atoms with Crippen LogP contribution in [0.15, 0.2) is 0 Å². The summed E-state index contributed by atoms with van der Waals surface area (Å²) in [5.74, 6) is -3.40. The molecular formula is C18H35N5O6. The van der Waals surface area contributed by atoms with Gasteiger partial charge >= 0.3 is 5.97 Å². The van der Waals surface area contributed by atoms with Gasteiger partial charge in [-0.25, -0.2) is 4.79 Å². The van der Waals surface area contributed by atoms with Crippen LogP contribution in [0.5, 0.6) is 0 Å². The number of nitrogens with two attached hydrogens (primary N) is 2. The van der Waals surface area contributed by atoms with Crippen LogP contribution < -0.4 is 27.4 Å².